The van der Waals surface area contributed by atoms with Crippen LogP contribution >= 0.6 is 0 Å². The Labute approximate surface area is 350 Å². The molecule has 0 saturated carbocycles. The lowest BCUT2D eigenvalue weighted by molar-refractivity contribution is -0.145. The van der Waals surface area contributed by atoms with E-state index in [0.717, 1.165) is 51.4 Å². The van der Waals surface area contributed by atoms with Gasteiger partial charge in [-0.05, 0) is 75.2 Å². The zero-order chi connectivity index (χ0) is 43.9. The van der Waals surface area contributed by atoms with Crippen LogP contribution in [0.25, 0.3) is 0 Å². The minimum Gasteiger partial charge on any atom is -0.511 e. The number of aliphatic imine (C=N–C) groups is 1. The highest BCUT2D eigenvalue weighted by Crippen LogP contribution is 2.20. The Balaban J connectivity index is 6.62. The lowest BCUT2D eigenvalue weighted by Crippen LogP contribution is -2.39. The van der Waals surface area contributed by atoms with Crippen LogP contribution in [0, 0.1) is 29.1 Å². The smallest absolute Gasteiger partial charge is 0.314 e. The van der Waals surface area contributed by atoms with Crippen LogP contribution in [0.1, 0.15) is 139 Å². The topological polar surface area (TPSA) is 171 Å². The van der Waals surface area contributed by atoms with Crippen LogP contribution in [0.5, 0.6) is 0 Å². The Hall–Kier alpha value is -4.22. The van der Waals surface area contributed by atoms with Crippen molar-refractivity contribution in [3.05, 3.63) is 83.8 Å². The third-order valence-electron chi connectivity index (χ3n) is 9.96. The summed E-state index contributed by atoms with van der Waals surface area (Å²) in [6.45, 7) is 23.7. The number of hydrogen-bond donors (Lipinski definition) is 5. The summed E-state index contributed by atoms with van der Waals surface area (Å²) < 4.78 is 17.0. The largest absolute Gasteiger partial charge is 0.511 e. The van der Waals surface area contributed by atoms with E-state index in [1.165, 1.54) is 30.5 Å². The molecule has 0 heterocycles. The third kappa shape index (κ3) is 22.1. The molecular formula is C47H77N3O8. The van der Waals surface area contributed by atoms with Gasteiger partial charge in [0.15, 0.2) is 0 Å². The number of nitrogens with one attached hydrogen (secondary N) is 2. The van der Waals surface area contributed by atoms with E-state index in [1.807, 2.05) is 20.8 Å². The molecule has 0 amide bonds. The molecule has 328 valence electrons. The van der Waals surface area contributed by atoms with Crippen molar-refractivity contribution in [3.63, 3.8) is 0 Å². The molecular weight excluding hydrogens is 735 g/mol. The van der Waals surface area contributed by atoms with Crippen molar-refractivity contribution >= 4 is 24.0 Å². The van der Waals surface area contributed by atoms with Crippen LogP contribution in [-0.4, -0.2) is 65.3 Å². The van der Waals surface area contributed by atoms with Crippen molar-refractivity contribution in [2.45, 2.75) is 145 Å². The molecule has 0 aliphatic carbocycles. The van der Waals surface area contributed by atoms with E-state index in [2.05, 4.69) is 51.2 Å². The third-order valence-corrected chi connectivity index (χ3v) is 9.96. The normalized spacial score (nSPS) is 15.7. The quantitative estimate of drug-likeness (QED) is 0.0111. The van der Waals surface area contributed by atoms with Gasteiger partial charge >= 0.3 is 11.9 Å². The van der Waals surface area contributed by atoms with E-state index in [9.17, 15) is 24.9 Å². The Kier molecular flexibility index (Phi) is 30.3. The number of carbonyl (C=O) groups is 2. The van der Waals surface area contributed by atoms with Crippen LogP contribution in [0.3, 0.4) is 0 Å². The Morgan fingerprint density at radius 1 is 0.845 bits per heavy atom. The van der Waals surface area contributed by atoms with Crippen LogP contribution in [0.15, 0.2) is 88.8 Å². The predicted molar refractivity (Wildman–Crippen MR) is 238 cm³/mol. The summed E-state index contributed by atoms with van der Waals surface area (Å²) in [4.78, 5) is 30.3. The minimum atomic E-state index is -1.07. The van der Waals surface area contributed by atoms with Crippen LogP contribution < -0.4 is 5.32 Å². The number of unbranched alkanes of at least 4 members (excludes halogenated alkanes) is 3. The van der Waals surface area contributed by atoms with Crippen LogP contribution in [-0.2, 0) is 23.8 Å². The monoisotopic (exact) mass is 812 g/mol. The molecule has 11 heteroatoms. The summed E-state index contributed by atoms with van der Waals surface area (Å²) in [6.07, 6.45) is 20.7. The molecule has 0 fully saturated rings. The second-order valence-corrected chi connectivity index (χ2v) is 14.6. The van der Waals surface area contributed by atoms with Crippen molar-refractivity contribution in [1.29, 1.82) is 5.41 Å². The first-order chi connectivity index (χ1) is 27.8. The van der Waals surface area contributed by atoms with Crippen molar-refractivity contribution in [1.82, 2.24) is 5.32 Å². The van der Waals surface area contributed by atoms with E-state index in [-0.39, 0.29) is 58.9 Å². The van der Waals surface area contributed by atoms with Gasteiger partial charge in [0.2, 0.25) is 0 Å². The van der Waals surface area contributed by atoms with Gasteiger partial charge < -0.3 is 34.8 Å². The summed E-state index contributed by atoms with van der Waals surface area (Å²) in [6, 6.07) is 0. The molecule has 5 N–H and O–H groups in total. The number of aliphatic hydroxyl groups excluding tert-OH is 3. The highest BCUT2D eigenvalue weighted by molar-refractivity contribution is 5.86. The van der Waals surface area contributed by atoms with Gasteiger partial charge in [-0.25, -0.2) is 0 Å². The molecule has 0 radical (unpaired) electrons. The average molecular weight is 812 g/mol. The molecule has 0 saturated heterocycles. The summed E-state index contributed by atoms with van der Waals surface area (Å²) in [5, 5.41) is 44.5. The molecule has 0 aromatic rings. The van der Waals surface area contributed by atoms with Gasteiger partial charge in [0, 0.05) is 24.5 Å². The molecule has 58 heavy (non-hydrogen) atoms. The molecule has 0 spiro atoms. The SMILES string of the molecule is C=C/C(=C\C=C(/CO)C(/N=C/C(=C/CC)C(/O)=C\COCC(CC)CCCC)NC(=N)C(C)/C(O)=C\C(=C)OC(=O)C(CC)CCCC)OC(=O)C(CC)CCCC. The fourth-order valence-corrected chi connectivity index (χ4v) is 5.81. The predicted octanol–water partition coefficient (Wildman–Crippen LogP) is 11.1. The fourth-order valence-electron chi connectivity index (χ4n) is 5.81. The molecule has 0 aromatic heterocycles. The lowest BCUT2D eigenvalue weighted by Gasteiger charge is -2.22. The summed E-state index contributed by atoms with van der Waals surface area (Å²) >= 11 is 0. The van der Waals surface area contributed by atoms with Crippen molar-refractivity contribution < 1.29 is 39.1 Å². The minimum absolute atomic E-state index is 0.0353. The Morgan fingerprint density at radius 3 is 1.95 bits per heavy atom. The number of esters is 2. The number of hydrogen-bond acceptors (Lipinski definition) is 10. The zero-order valence-electron chi connectivity index (χ0n) is 37.0. The maximum absolute atomic E-state index is 12.9. The molecule has 5 unspecified atom stereocenters. The standard InChI is InChI=1S/C47H77N3O8/c1-11-19-23-36(15-5)33-56-29-28-42(52)39(22-14-4)31-49-45(40(32-51)26-27-41(18-8)58-47(55)38(17-7)25-21-13-3)50-44(48)35(10)43(53)30-34(9)57-46(54)37(16-6)24-20-12-2/h18,22,26-28,30-31,35-38,45,51-53H,8-9,11-17,19-21,23-25,29,32-33H2,1-7,10H3,(H2,48,50)/b39-22-,40-26+,41-27+,42-28+,43-30+,49-31+. The first-order valence-electron chi connectivity index (χ1n) is 21.5. The van der Waals surface area contributed by atoms with Crippen LogP contribution in [0.2, 0.25) is 0 Å². The van der Waals surface area contributed by atoms with Gasteiger partial charge in [-0.1, -0.05) is 119 Å². The maximum Gasteiger partial charge on any atom is 0.314 e. The van der Waals surface area contributed by atoms with Crippen molar-refractivity contribution in [2.24, 2.45) is 28.7 Å². The Morgan fingerprint density at radius 2 is 1.43 bits per heavy atom. The van der Waals surface area contributed by atoms with E-state index in [4.69, 9.17) is 19.6 Å². The second-order valence-electron chi connectivity index (χ2n) is 14.6. The van der Waals surface area contributed by atoms with Crippen molar-refractivity contribution in [3.8, 4) is 0 Å². The number of amidine groups is 1. The molecule has 0 aromatic carbocycles. The zero-order valence-corrected chi connectivity index (χ0v) is 37.0. The fraction of sp³-hybridized carbons (Fsp3) is 0.617. The molecule has 0 bridgehead atoms. The number of carbonyl (C=O) groups excluding carboxylic acids is 2. The molecule has 0 aliphatic heterocycles. The number of ether oxygens (including phenoxy) is 3. The number of allylic oxidation sites excluding steroid dienone is 6. The molecule has 0 rings (SSSR count). The molecule has 0 aliphatic rings. The van der Waals surface area contributed by atoms with E-state index in [0.29, 0.717) is 50.2 Å². The van der Waals surface area contributed by atoms with Crippen molar-refractivity contribution in [2.75, 3.05) is 19.8 Å². The van der Waals surface area contributed by atoms with Gasteiger partial charge in [0.05, 0.1) is 31.0 Å². The van der Waals surface area contributed by atoms with Gasteiger partial charge in [-0.15, -0.1) is 0 Å². The maximum atomic E-state index is 12.9. The van der Waals surface area contributed by atoms with Gasteiger partial charge in [-0.3, -0.25) is 20.0 Å². The van der Waals surface area contributed by atoms with E-state index < -0.39 is 24.7 Å². The second kappa shape index (κ2) is 32.7. The summed E-state index contributed by atoms with van der Waals surface area (Å²) in [5.41, 5.74) is 0.688. The van der Waals surface area contributed by atoms with Gasteiger partial charge in [0.25, 0.3) is 0 Å². The molecule has 11 nitrogen and oxygen atoms in total. The summed E-state index contributed by atoms with van der Waals surface area (Å²) in [7, 11) is 0. The Bertz CT molecular complexity index is 1440. The van der Waals surface area contributed by atoms with E-state index in [1.54, 1.807) is 19.1 Å². The van der Waals surface area contributed by atoms with Gasteiger partial charge in [-0.2, -0.15) is 0 Å². The highest BCUT2D eigenvalue weighted by atomic mass is 16.5. The average Bonchev–Trinajstić information content (AvgIpc) is 3.21. The first kappa shape index (κ1) is 53.8. The summed E-state index contributed by atoms with van der Waals surface area (Å²) in [5.74, 6) is -2.16. The van der Waals surface area contributed by atoms with E-state index >= 15 is 0 Å². The number of rotatable bonds is 32. The number of nitrogens with zero attached hydrogens (tertiary/aromatic N) is 1. The molecule has 5 atom stereocenters. The lowest BCUT2D eigenvalue weighted by atomic mass is 10.00. The first-order valence-corrected chi connectivity index (χ1v) is 21.5. The van der Waals surface area contributed by atoms with Gasteiger partial charge in [0.1, 0.15) is 35.0 Å². The number of aliphatic hydroxyl groups is 3. The van der Waals surface area contributed by atoms with Crippen LogP contribution in [0.4, 0.5) is 0 Å². The highest BCUT2D eigenvalue weighted by Gasteiger charge is 2.23.